The number of nitrogens with zero attached hydrogens (tertiary/aromatic N) is 2. The van der Waals surface area contributed by atoms with Gasteiger partial charge in [0.1, 0.15) is 0 Å². The third-order valence-electron chi connectivity index (χ3n) is 2.88. The second-order valence-corrected chi connectivity index (χ2v) is 4.12. The Labute approximate surface area is 112 Å². The van der Waals surface area contributed by atoms with E-state index in [2.05, 4.69) is 5.32 Å². The number of nitro groups is 1. The van der Waals surface area contributed by atoms with Gasteiger partial charge in [-0.05, 0) is 19.4 Å². The second-order valence-electron chi connectivity index (χ2n) is 4.12. The number of nitrogens with one attached hydrogen (secondary N) is 1. The van der Waals surface area contributed by atoms with Gasteiger partial charge in [0.15, 0.2) is 0 Å². The van der Waals surface area contributed by atoms with Crippen LogP contribution in [0, 0.1) is 10.1 Å². The molecule has 0 heterocycles. The molecule has 0 radical (unpaired) electrons. The SMILES string of the molecule is CCCN(CC)C(=O)c1cc([N+](=O)[O-])ccc1NC. The minimum Gasteiger partial charge on any atom is -0.387 e. The molecule has 0 fully saturated rings. The van der Waals surface area contributed by atoms with Crippen molar-refractivity contribution < 1.29 is 9.72 Å². The summed E-state index contributed by atoms with van der Waals surface area (Å²) in [6.07, 6.45) is 0.851. The molecular weight excluding hydrogens is 246 g/mol. The third kappa shape index (κ3) is 3.43. The Morgan fingerprint density at radius 2 is 2.11 bits per heavy atom. The molecule has 0 unspecified atom stereocenters. The fourth-order valence-corrected chi connectivity index (χ4v) is 1.88. The van der Waals surface area contributed by atoms with Crippen LogP contribution < -0.4 is 5.32 Å². The van der Waals surface area contributed by atoms with Crippen molar-refractivity contribution in [2.24, 2.45) is 0 Å². The molecule has 0 aliphatic carbocycles. The molecule has 1 N–H and O–H groups in total. The van der Waals surface area contributed by atoms with E-state index in [1.165, 1.54) is 12.1 Å². The lowest BCUT2D eigenvalue weighted by molar-refractivity contribution is -0.384. The van der Waals surface area contributed by atoms with Gasteiger partial charge in [0.05, 0.1) is 10.5 Å². The molecule has 6 nitrogen and oxygen atoms in total. The van der Waals surface area contributed by atoms with Gasteiger partial charge in [0.2, 0.25) is 0 Å². The Morgan fingerprint density at radius 1 is 1.42 bits per heavy atom. The molecule has 0 aromatic heterocycles. The van der Waals surface area contributed by atoms with Crippen molar-refractivity contribution in [2.75, 3.05) is 25.5 Å². The molecule has 0 bridgehead atoms. The van der Waals surface area contributed by atoms with Crippen molar-refractivity contribution in [2.45, 2.75) is 20.3 Å². The summed E-state index contributed by atoms with van der Waals surface area (Å²) in [6.45, 7) is 5.10. The first-order valence-corrected chi connectivity index (χ1v) is 6.30. The van der Waals surface area contributed by atoms with Crippen LogP contribution in [0.4, 0.5) is 11.4 Å². The Kier molecular flexibility index (Phi) is 5.29. The van der Waals surface area contributed by atoms with E-state index in [9.17, 15) is 14.9 Å². The maximum Gasteiger partial charge on any atom is 0.270 e. The van der Waals surface area contributed by atoms with E-state index >= 15 is 0 Å². The van der Waals surface area contributed by atoms with Crippen LogP contribution in [0.15, 0.2) is 18.2 Å². The van der Waals surface area contributed by atoms with E-state index in [1.807, 2.05) is 13.8 Å². The summed E-state index contributed by atoms with van der Waals surface area (Å²) >= 11 is 0. The van der Waals surface area contributed by atoms with Crippen LogP contribution in [0.3, 0.4) is 0 Å². The van der Waals surface area contributed by atoms with Crippen LogP contribution in [0.25, 0.3) is 0 Å². The molecule has 104 valence electrons. The zero-order valence-corrected chi connectivity index (χ0v) is 11.5. The Morgan fingerprint density at radius 3 is 2.58 bits per heavy atom. The monoisotopic (exact) mass is 265 g/mol. The van der Waals surface area contributed by atoms with E-state index in [1.54, 1.807) is 18.0 Å². The van der Waals surface area contributed by atoms with E-state index < -0.39 is 4.92 Å². The molecule has 1 aromatic rings. The van der Waals surface area contributed by atoms with Crippen molar-refractivity contribution in [3.05, 3.63) is 33.9 Å². The summed E-state index contributed by atoms with van der Waals surface area (Å²) in [5.41, 5.74) is 0.868. The number of rotatable bonds is 6. The van der Waals surface area contributed by atoms with E-state index in [0.29, 0.717) is 24.3 Å². The average Bonchev–Trinajstić information content (AvgIpc) is 2.43. The minimum atomic E-state index is -0.494. The van der Waals surface area contributed by atoms with Gasteiger partial charge < -0.3 is 10.2 Å². The van der Waals surface area contributed by atoms with Crippen molar-refractivity contribution in [3.63, 3.8) is 0 Å². The summed E-state index contributed by atoms with van der Waals surface area (Å²) in [5.74, 6) is -0.183. The Balaban J connectivity index is 3.18. The predicted octanol–water partition coefficient (Wildman–Crippen LogP) is 2.51. The quantitative estimate of drug-likeness (QED) is 0.633. The van der Waals surface area contributed by atoms with E-state index in [0.717, 1.165) is 6.42 Å². The summed E-state index contributed by atoms with van der Waals surface area (Å²) in [6, 6.07) is 4.27. The average molecular weight is 265 g/mol. The molecule has 6 heteroatoms. The molecule has 1 aromatic carbocycles. The first kappa shape index (κ1) is 14.9. The number of anilines is 1. The topological polar surface area (TPSA) is 75.5 Å². The highest BCUT2D eigenvalue weighted by molar-refractivity contribution is 6.00. The van der Waals surface area contributed by atoms with Gasteiger partial charge in [-0.25, -0.2) is 0 Å². The smallest absolute Gasteiger partial charge is 0.270 e. The summed E-state index contributed by atoms with van der Waals surface area (Å²) < 4.78 is 0. The first-order chi connectivity index (χ1) is 9.04. The van der Waals surface area contributed by atoms with Gasteiger partial charge in [-0.3, -0.25) is 14.9 Å². The van der Waals surface area contributed by atoms with Gasteiger partial charge in [0.25, 0.3) is 11.6 Å². The fraction of sp³-hybridized carbons (Fsp3) is 0.462. The highest BCUT2D eigenvalue weighted by Gasteiger charge is 2.20. The fourth-order valence-electron chi connectivity index (χ4n) is 1.88. The third-order valence-corrected chi connectivity index (χ3v) is 2.88. The molecule has 0 saturated heterocycles. The van der Waals surface area contributed by atoms with Gasteiger partial charge in [-0.1, -0.05) is 6.92 Å². The number of carbonyl (C=O) groups is 1. The molecule has 0 aliphatic heterocycles. The van der Waals surface area contributed by atoms with Gasteiger partial charge in [-0.15, -0.1) is 0 Å². The zero-order chi connectivity index (χ0) is 14.4. The second kappa shape index (κ2) is 6.72. The lowest BCUT2D eigenvalue weighted by atomic mass is 10.1. The van der Waals surface area contributed by atoms with Crippen molar-refractivity contribution >= 4 is 17.3 Å². The number of hydrogen-bond donors (Lipinski definition) is 1. The van der Waals surface area contributed by atoms with Crippen LogP contribution in [-0.2, 0) is 0 Å². The molecule has 1 rings (SSSR count). The van der Waals surface area contributed by atoms with Gasteiger partial charge in [0, 0.05) is 38.0 Å². The van der Waals surface area contributed by atoms with Crippen molar-refractivity contribution in [1.29, 1.82) is 0 Å². The Hall–Kier alpha value is -2.11. The first-order valence-electron chi connectivity index (χ1n) is 6.30. The lowest BCUT2D eigenvalue weighted by Crippen LogP contribution is -2.32. The van der Waals surface area contributed by atoms with E-state index in [4.69, 9.17) is 0 Å². The summed E-state index contributed by atoms with van der Waals surface area (Å²) in [4.78, 5) is 24.4. The Bertz CT molecular complexity index is 474. The van der Waals surface area contributed by atoms with Crippen LogP contribution in [0.5, 0.6) is 0 Å². The maximum atomic E-state index is 12.4. The number of carbonyl (C=O) groups excluding carboxylic acids is 1. The summed E-state index contributed by atoms with van der Waals surface area (Å²) in [5, 5.41) is 13.7. The molecular formula is C13H19N3O3. The number of nitro benzene ring substituents is 1. The van der Waals surface area contributed by atoms with Crippen molar-refractivity contribution in [1.82, 2.24) is 4.90 Å². The normalized spacial score (nSPS) is 10.1. The van der Waals surface area contributed by atoms with E-state index in [-0.39, 0.29) is 11.6 Å². The molecule has 0 aliphatic rings. The number of hydrogen-bond acceptors (Lipinski definition) is 4. The number of non-ortho nitro benzene ring substituents is 1. The molecule has 0 atom stereocenters. The standard InChI is InChI=1S/C13H19N3O3/c1-4-8-15(5-2)13(17)11-9-10(16(18)19)6-7-12(11)14-3/h6-7,9,14H,4-5,8H2,1-3H3. The van der Waals surface area contributed by atoms with Crippen LogP contribution in [0.2, 0.25) is 0 Å². The van der Waals surface area contributed by atoms with Crippen LogP contribution in [0.1, 0.15) is 30.6 Å². The van der Waals surface area contributed by atoms with Gasteiger partial charge >= 0.3 is 0 Å². The predicted molar refractivity (Wildman–Crippen MR) is 74.5 cm³/mol. The highest BCUT2D eigenvalue weighted by atomic mass is 16.6. The number of benzene rings is 1. The molecule has 1 amide bonds. The summed E-state index contributed by atoms with van der Waals surface area (Å²) in [7, 11) is 1.69. The largest absolute Gasteiger partial charge is 0.387 e. The van der Waals surface area contributed by atoms with Gasteiger partial charge in [-0.2, -0.15) is 0 Å². The van der Waals surface area contributed by atoms with Crippen molar-refractivity contribution in [3.8, 4) is 0 Å². The molecule has 0 saturated carbocycles. The lowest BCUT2D eigenvalue weighted by Gasteiger charge is -2.21. The zero-order valence-electron chi connectivity index (χ0n) is 11.5. The molecule has 19 heavy (non-hydrogen) atoms. The minimum absolute atomic E-state index is 0.0742. The highest BCUT2D eigenvalue weighted by Crippen LogP contribution is 2.23. The number of amides is 1. The maximum absolute atomic E-state index is 12.4. The van der Waals surface area contributed by atoms with Crippen LogP contribution in [-0.4, -0.2) is 35.9 Å². The molecule has 0 spiro atoms. The van der Waals surface area contributed by atoms with Crippen LogP contribution >= 0.6 is 0 Å².